The summed E-state index contributed by atoms with van der Waals surface area (Å²) in [5.74, 6) is 1.32. The second-order valence-electron chi connectivity index (χ2n) is 5.93. The molecule has 1 saturated heterocycles. The summed E-state index contributed by atoms with van der Waals surface area (Å²) in [7, 11) is 0. The first-order valence-corrected chi connectivity index (χ1v) is 7.97. The average molecular weight is 325 g/mol. The molecule has 2 amide bonds. The lowest BCUT2D eigenvalue weighted by Crippen LogP contribution is -2.44. The van der Waals surface area contributed by atoms with Crippen LogP contribution in [0.1, 0.15) is 41.6 Å². The number of carbonyl (C=O) groups is 1. The second-order valence-corrected chi connectivity index (χ2v) is 5.93. The third kappa shape index (κ3) is 3.71. The van der Waals surface area contributed by atoms with Gasteiger partial charge in [-0.15, -0.1) is 0 Å². The molecule has 1 aromatic heterocycles. The van der Waals surface area contributed by atoms with Gasteiger partial charge < -0.3 is 14.7 Å². The van der Waals surface area contributed by atoms with E-state index < -0.39 is 0 Å². The number of benzene rings is 1. The summed E-state index contributed by atoms with van der Waals surface area (Å²) in [6.07, 6.45) is 1.86. The Morgan fingerprint density at radius 3 is 2.92 bits per heavy atom. The fraction of sp³-hybridized carbons (Fsp3) is 0.412. The molecule has 1 fully saturated rings. The molecule has 1 aromatic carbocycles. The van der Waals surface area contributed by atoms with E-state index in [1.807, 2.05) is 12.1 Å². The number of carbonyl (C=O) groups excluding carboxylic acids is 1. The zero-order chi connectivity index (χ0) is 16.9. The number of aromatic nitrogens is 2. The van der Waals surface area contributed by atoms with Crippen LogP contribution in [0.5, 0.6) is 0 Å². The van der Waals surface area contributed by atoms with Crippen LogP contribution in [0.3, 0.4) is 0 Å². The van der Waals surface area contributed by atoms with Crippen molar-refractivity contribution in [3.05, 3.63) is 47.1 Å². The van der Waals surface area contributed by atoms with Gasteiger partial charge in [-0.05, 0) is 37.5 Å². The van der Waals surface area contributed by atoms with Gasteiger partial charge in [0, 0.05) is 19.6 Å². The van der Waals surface area contributed by atoms with E-state index in [1.165, 1.54) is 0 Å². The molecule has 7 heteroatoms. The van der Waals surface area contributed by atoms with Crippen LogP contribution in [-0.4, -0.2) is 34.2 Å². The van der Waals surface area contributed by atoms with E-state index in [0.29, 0.717) is 30.4 Å². The lowest BCUT2D eigenvalue weighted by atomic mass is 9.98. The van der Waals surface area contributed by atoms with Crippen molar-refractivity contribution < 1.29 is 9.32 Å². The molecule has 0 spiro atoms. The van der Waals surface area contributed by atoms with Crippen molar-refractivity contribution in [3.8, 4) is 6.07 Å². The van der Waals surface area contributed by atoms with Crippen LogP contribution in [-0.2, 0) is 6.54 Å². The maximum atomic E-state index is 12.4. The molecule has 2 aromatic rings. The number of nitriles is 1. The molecule has 1 aliphatic heterocycles. The molecular weight excluding hydrogens is 306 g/mol. The molecule has 0 unspecified atom stereocenters. The summed E-state index contributed by atoms with van der Waals surface area (Å²) >= 11 is 0. The van der Waals surface area contributed by atoms with Crippen molar-refractivity contribution in [2.24, 2.45) is 0 Å². The third-order valence-corrected chi connectivity index (χ3v) is 4.13. The number of hydrogen-bond donors (Lipinski definition) is 1. The lowest BCUT2D eigenvalue weighted by molar-refractivity contribution is 0.171. The minimum Gasteiger partial charge on any atom is -0.339 e. The monoisotopic (exact) mass is 325 g/mol. The molecule has 24 heavy (non-hydrogen) atoms. The van der Waals surface area contributed by atoms with Crippen LogP contribution >= 0.6 is 0 Å². The molecule has 0 radical (unpaired) electrons. The first kappa shape index (κ1) is 16.0. The van der Waals surface area contributed by atoms with Gasteiger partial charge >= 0.3 is 6.03 Å². The topological polar surface area (TPSA) is 95.0 Å². The van der Waals surface area contributed by atoms with Gasteiger partial charge in [-0.2, -0.15) is 10.2 Å². The van der Waals surface area contributed by atoms with Gasteiger partial charge in [0.1, 0.15) is 0 Å². The van der Waals surface area contributed by atoms with Crippen LogP contribution in [0, 0.1) is 18.3 Å². The molecule has 0 aliphatic carbocycles. The van der Waals surface area contributed by atoms with Gasteiger partial charge in [0.15, 0.2) is 5.82 Å². The van der Waals surface area contributed by atoms with E-state index in [9.17, 15) is 4.79 Å². The van der Waals surface area contributed by atoms with E-state index >= 15 is 0 Å². The summed E-state index contributed by atoms with van der Waals surface area (Å²) in [6.45, 7) is 3.53. The summed E-state index contributed by atoms with van der Waals surface area (Å²) in [4.78, 5) is 18.4. The van der Waals surface area contributed by atoms with Crippen molar-refractivity contribution in [1.82, 2.24) is 20.4 Å². The highest BCUT2D eigenvalue weighted by atomic mass is 16.5. The number of urea groups is 1. The molecular formula is C17H19N5O2. The van der Waals surface area contributed by atoms with Crippen LogP contribution in [0.2, 0.25) is 0 Å². The summed E-state index contributed by atoms with van der Waals surface area (Å²) in [5.41, 5.74) is 1.57. The maximum absolute atomic E-state index is 12.4. The molecule has 2 heterocycles. The number of likely N-dealkylation sites (tertiary alicyclic amines) is 1. The smallest absolute Gasteiger partial charge is 0.317 e. The first-order valence-electron chi connectivity index (χ1n) is 7.97. The molecule has 1 atom stereocenters. The van der Waals surface area contributed by atoms with E-state index in [0.717, 1.165) is 24.9 Å². The van der Waals surface area contributed by atoms with Crippen LogP contribution < -0.4 is 5.32 Å². The Hall–Kier alpha value is -2.88. The third-order valence-electron chi connectivity index (χ3n) is 4.13. The second kappa shape index (κ2) is 7.13. The number of amides is 2. The zero-order valence-electron chi connectivity index (χ0n) is 13.5. The highest BCUT2D eigenvalue weighted by Gasteiger charge is 2.28. The zero-order valence-corrected chi connectivity index (χ0v) is 13.5. The first-order chi connectivity index (χ1) is 11.7. The normalized spacial score (nSPS) is 17.3. The molecule has 0 bridgehead atoms. The highest BCUT2D eigenvalue weighted by Crippen LogP contribution is 2.25. The van der Waals surface area contributed by atoms with Gasteiger partial charge in [-0.3, -0.25) is 0 Å². The lowest BCUT2D eigenvalue weighted by Gasteiger charge is -2.31. The van der Waals surface area contributed by atoms with Crippen molar-refractivity contribution in [2.75, 3.05) is 13.1 Å². The van der Waals surface area contributed by atoms with Gasteiger partial charge in [-0.1, -0.05) is 17.3 Å². The van der Waals surface area contributed by atoms with Crippen LogP contribution in [0.25, 0.3) is 0 Å². The fourth-order valence-electron chi connectivity index (χ4n) is 2.83. The minimum atomic E-state index is -0.0969. The average Bonchev–Trinajstić information content (AvgIpc) is 3.06. The van der Waals surface area contributed by atoms with E-state index in [1.54, 1.807) is 24.0 Å². The molecule has 3 rings (SSSR count). The number of hydrogen-bond acceptors (Lipinski definition) is 5. The molecule has 1 N–H and O–H groups in total. The Bertz CT molecular complexity index is 747. The van der Waals surface area contributed by atoms with Gasteiger partial charge in [0.2, 0.25) is 5.89 Å². The summed E-state index contributed by atoms with van der Waals surface area (Å²) < 4.78 is 5.24. The maximum Gasteiger partial charge on any atom is 0.317 e. The quantitative estimate of drug-likeness (QED) is 0.934. The van der Waals surface area contributed by atoms with E-state index in [2.05, 4.69) is 21.5 Å². The van der Waals surface area contributed by atoms with Gasteiger partial charge in [0.25, 0.3) is 0 Å². The molecule has 1 aliphatic rings. The van der Waals surface area contributed by atoms with E-state index in [4.69, 9.17) is 9.78 Å². The van der Waals surface area contributed by atoms with Crippen molar-refractivity contribution >= 4 is 6.03 Å². The number of nitrogens with one attached hydrogen (secondary N) is 1. The minimum absolute atomic E-state index is 0.0969. The predicted octanol–water partition coefficient (Wildman–Crippen LogP) is 2.34. The Balaban J connectivity index is 1.55. The largest absolute Gasteiger partial charge is 0.339 e. The SMILES string of the molecule is Cc1noc([C@@H]2CCCN(C(=O)NCc3ccc(C#N)cc3)C2)n1. The number of rotatable bonds is 3. The van der Waals surface area contributed by atoms with Crippen molar-refractivity contribution in [3.63, 3.8) is 0 Å². The van der Waals surface area contributed by atoms with Gasteiger partial charge in [0.05, 0.1) is 17.6 Å². The summed E-state index contributed by atoms with van der Waals surface area (Å²) in [5, 5.41) is 15.5. The molecule has 7 nitrogen and oxygen atoms in total. The van der Waals surface area contributed by atoms with Crippen molar-refractivity contribution in [1.29, 1.82) is 5.26 Å². The summed E-state index contributed by atoms with van der Waals surface area (Å²) in [6, 6.07) is 9.17. The number of aryl methyl sites for hydroxylation is 1. The molecule has 0 saturated carbocycles. The van der Waals surface area contributed by atoms with E-state index in [-0.39, 0.29) is 11.9 Å². The standard InChI is InChI=1S/C17H19N5O2/c1-12-20-16(24-21-12)15-3-2-8-22(11-15)17(23)19-10-14-6-4-13(9-18)5-7-14/h4-7,15H,2-3,8,10-11H2,1H3,(H,19,23)/t15-/m1/s1. The Kier molecular flexibility index (Phi) is 4.75. The van der Waals surface area contributed by atoms with Crippen LogP contribution in [0.4, 0.5) is 4.79 Å². The van der Waals surface area contributed by atoms with Gasteiger partial charge in [-0.25, -0.2) is 4.79 Å². The Labute approximate surface area is 140 Å². The van der Waals surface area contributed by atoms with Crippen molar-refractivity contribution in [2.45, 2.75) is 32.2 Å². The predicted molar refractivity (Wildman–Crippen MR) is 86.0 cm³/mol. The molecule has 124 valence electrons. The Morgan fingerprint density at radius 1 is 1.46 bits per heavy atom. The van der Waals surface area contributed by atoms with Crippen LogP contribution in [0.15, 0.2) is 28.8 Å². The fourth-order valence-corrected chi connectivity index (χ4v) is 2.83. The number of piperidine rings is 1. The highest BCUT2D eigenvalue weighted by molar-refractivity contribution is 5.74. The number of nitrogens with zero attached hydrogens (tertiary/aromatic N) is 4. The Morgan fingerprint density at radius 2 is 2.25 bits per heavy atom.